The Morgan fingerprint density at radius 1 is 1.08 bits per heavy atom. The molecule has 0 aromatic heterocycles. The average Bonchev–Trinajstić information content (AvgIpc) is 2.79. The van der Waals surface area contributed by atoms with Gasteiger partial charge in [-0.25, -0.2) is 0 Å². The van der Waals surface area contributed by atoms with Crippen LogP contribution in [0.15, 0.2) is 0 Å². The van der Waals surface area contributed by atoms with Crippen LogP contribution < -0.4 is 0 Å². The Balaban J connectivity index is 2.00. The van der Waals surface area contributed by atoms with E-state index in [0.717, 1.165) is 18.0 Å². The highest BCUT2D eigenvalue weighted by Crippen LogP contribution is 2.37. The third kappa shape index (κ3) is 1.50. The van der Waals surface area contributed by atoms with Crippen LogP contribution in [0.25, 0.3) is 0 Å². The summed E-state index contributed by atoms with van der Waals surface area (Å²) >= 11 is 0. The molecular formula is C10H20N2. The molecule has 0 amide bonds. The van der Waals surface area contributed by atoms with Crippen molar-refractivity contribution in [3.05, 3.63) is 0 Å². The number of hydrogen-bond donors (Lipinski definition) is 0. The van der Waals surface area contributed by atoms with Crippen LogP contribution in [0.3, 0.4) is 0 Å². The molecule has 1 aliphatic carbocycles. The molecule has 2 aliphatic rings. The van der Waals surface area contributed by atoms with E-state index >= 15 is 0 Å². The van der Waals surface area contributed by atoms with Crippen molar-refractivity contribution < 1.29 is 0 Å². The summed E-state index contributed by atoms with van der Waals surface area (Å²) in [5.41, 5.74) is 0. The van der Waals surface area contributed by atoms with Crippen molar-refractivity contribution in [2.45, 2.75) is 31.8 Å². The third-order valence-corrected chi connectivity index (χ3v) is 3.46. The number of likely N-dealkylation sites (N-methyl/N-ethyl adjacent to an activating group) is 2. The van der Waals surface area contributed by atoms with Crippen molar-refractivity contribution in [1.82, 2.24) is 9.80 Å². The molecule has 0 radical (unpaired) electrons. The van der Waals surface area contributed by atoms with Crippen LogP contribution in [0.1, 0.15) is 19.8 Å². The van der Waals surface area contributed by atoms with Crippen LogP contribution in [-0.2, 0) is 0 Å². The van der Waals surface area contributed by atoms with Crippen molar-refractivity contribution in [1.29, 1.82) is 0 Å². The first-order valence-electron chi connectivity index (χ1n) is 5.09. The van der Waals surface area contributed by atoms with Gasteiger partial charge in [0.2, 0.25) is 0 Å². The lowest BCUT2D eigenvalue weighted by atomic mass is 10.0. The molecule has 0 aromatic carbocycles. The van der Waals surface area contributed by atoms with E-state index in [0.29, 0.717) is 0 Å². The van der Waals surface area contributed by atoms with Crippen LogP contribution in [0, 0.1) is 5.92 Å². The molecule has 2 heteroatoms. The predicted octanol–water partition coefficient (Wildman–Crippen LogP) is 1.03. The van der Waals surface area contributed by atoms with Crippen LogP contribution in [0.2, 0.25) is 0 Å². The number of rotatable bonds is 1. The molecule has 2 nitrogen and oxygen atoms in total. The van der Waals surface area contributed by atoms with Gasteiger partial charge in [0.1, 0.15) is 0 Å². The fourth-order valence-corrected chi connectivity index (χ4v) is 2.39. The molecule has 1 saturated carbocycles. The zero-order valence-electron chi connectivity index (χ0n) is 8.45. The Hall–Kier alpha value is -0.0800. The van der Waals surface area contributed by atoms with Gasteiger partial charge in [-0.15, -0.1) is 0 Å². The van der Waals surface area contributed by atoms with E-state index in [4.69, 9.17) is 0 Å². The lowest BCUT2D eigenvalue weighted by Crippen LogP contribution is -2.55. The molecule has 0 bridgehead atoms. The topological polar surface area (TPSA) is 6.48 Å². The third-order valence-electron chi connectivity index (χ3n) is 3.46. The molecule has 1 heterocycles. The van der Waals surface area contributed by atoms with E-state index in [9.17, 15) is 0 Å². The molecule has 0 aromatic rings. The summed E-state index contributed by atoms with van der Waals surface area (Å²) in [6, 6.07) is 1.59. The molecule has 2 fully saturated rings. The Morgan fingerprint density at radius 2 is 1.75 bits per heavy atom. The van der Waals surface area contributed by atoms with E-state index in [2.05, 4.69) is 30.8 Å². The van der Waals surface area contributed by atoms with E-state index in [1.165, 1.54) is 25.9 Å². The first-order chi connectivity index (χ1) is 5.68. The van der Waals surface area contributed by atoms with Gasteiger partial charge in [0.05, 0.1) is 0 Å². The largest absolute Gasteiger partial charge is 0.303 e. The summed E-state index contributed by atoms with van der Waals surface area (Å²) in [7, 11) is 4.54. The van der Waals surface area contributed by atoms with Crippen molar-refractivity contribution >= 4 is 0 Å². The first-order valence-corrected chi connectivity index (χ1v) is 5.09. The van der Waals surface area contributed by atoms with Gasteiger partial charge < -0.3 is 4.90 Å². The highest BCUT2D eigenvalue weighted by Gasteiger charge is 2.38. The van der Waals surface area contributed by atoms with Crippen LogP contribution in [0.5, 0.6) is 0 Å². The summed E-state index contributed by atoms with van der Waals surface area (Å²) in [5, 5.41) is 0. The van der Waals surface area contributed by atoms with Crippen LogP contribution in [-0.4, -0.2) is 49.1 Å². The standard InChI is InChI=1S/C10H20N2/c1-8-6-11(2)7-10(12(8)3)9-4-5-9/h8-10H,4-7H2,1-3H3. The van der Waals surface area contributed by atoms with Gasteiger partial charge in [-0.2, -0.15) is 0 Å². The molecule has 2 atom stereocenters. The van der Waals surface area contributed by atoms with Crippen LogP contribution in [0.4, 0.5) is 0 Å². The van der Waals surface area contributed by atoms with Crippen molar-refractivity contribution in [2.75, 3.05) is 27.2 Å². The summed E-state index contributed by atoms with van der Waals surface area (Å²) in [6.45, 7) is 4.86. The molecular weight excluding hydrogens is 148 g/mol. The van der Waals surface area contributed by atoms with E-state index in [1.54, 1.807) is 0 Å². The molecule has 2 rings (SSSR count). The van der Waals surface area contributed by atoms with Gasteiger partial charge in [0.15, 0.2) is 0 Å². The van der Waals surface area contributed by atoms with E-state index < -0.39 is 0 Å². The second kappa shape index (κ2) is 3.00. The zero-order valence-corrected chi connectivity index (χ0v) is 8.45. The monoisotopic (exact) mass is 168 g/mol. The summed E-state index contributed by atoms with van der Waals surface area (Å²) in [6.07, 6.45) is 2.94. The smallest absolute Gasteiger partial charge is 0.0251 e. The lowest BCUT2D eigenvalue weighted by Gasteiger charge is -2.42. The number of piperazine rings is 1. The molecule has 2 unspecified atom stereocenters. The maximum atomic E-state index is 2.58. The summed E-state index contributed by atoms with van der Waals surface area (Å²) < 4.78 is 0. The van der Waals surface area contributed by atoms with Crippen LogP contribution >= 0.6 is 0 Å². The number of nitrogens with zero attached hydrogens (tertiary/aromatic N) is 2. The summed E-state index contributed by atoms with van der Waals surface area (Å²) in [5.74, 6) is 1.01. The van der Waals surface area contributed by atoms with Gasteiger partial charge in [0.25, 0.3) is 0 Å². The maximum Gasteiger partial charge on any atom is 0.0251 e. The maximum absolute atomic E-state index is 2.58. The molecule has 0 spiro atoms. The summed E-state index contributed by atoms with van der Waals surface area (Å²) in [4.78, 5) is 5.06. The fraction of sp³-hybridized carbons (Fsp3) is 1.00. The Bertz CT molecular complexity index is 165. The highest BCUT2D eigenvalue weighted by molar-refractivity contribution is 4.93. The SMILES string of the molecule is CC1CN(C)CC(C2CC2)N1C. The molecule has 70 valence electrons. The van der Waals surface area contributed by atoms with Crippen molar-refractivity contribution in [2.24, 2.45) is 5.92 Å². The van der Waals surface area contributed by atoms with E-state index in [1.807, 2.05) is 0 Å². The quantitative estimate of drug-likeness (QED) is 0.577. The zero-order chi connectivity index (χ0) is 8.72. The second-order valence-electron chi connectivity index (χ2n) is 4.64. The normalized spacial score (nSPS) is 40.2. The second-order valence-corrected chi connectivity index (χ2v) is 4.64. The average molecular weight is 168 g/mol. The highest BCUT2D eigenvalue weighted by atomic mass is 15.3. The van der Waals surface area contributed by atoms with Crippen molar-refractivity contribution in [3.63, 3.8) is 0 Å². The fourth-order valence-electron chi connectivity index (χ4n) is 2.39. The van der Waals surface area contributed by atoms with Gasteiger partial charge in [-0.1, -0.05) is 0 Å². The van der Waals surface area contributed by atoms with Gasteiger partial charge >= 0.3 is 0 Å². The minimum absolute atomic E-state index is 0.745. The Morgan fingerprint density at radius 3 is 2.33 bits per heavy atom. The first kappa shape index (κ1) is 8.52. The van der Waals surface area contributed by atoms with Crippen molar-refractivity contribution in [3.8, 4) is 0 Å². The Kier molecular flexibility index (Phi) is 2.13. The molecule has 1 aliphatic heterocycles. The molecule has 1 saturated heterocycles. The minimum atomic E-state index is 0.745. The predicted molar refractivity (Wildman–Crippen MR) is 51.2 cm³/mol. The van der Waals surface area contributed by atoms with Gasteiger partial charge in [0, 0.05) is 25.2 Å². The van der Waals surface area contributed by atoms with E-state index in [-0.39, 0.29) is 0 Å². The number of hydrogen-bond acceptors (Lipinski definition) is 2. The molecule has 0 N–H and O–H groups in total. The molecule has 12 heavy (non-hydrogen) atoms. The van der Waals surface area contributed by atoms with Gasteiger partial charge in [-0.05, 0) is 39.8 Å². The Labute approximate surface area is 75.5 Å². The van der Waals surface area contributed by atoms with Gasteiger partial charge in [-0.3, -0.25) is 4.90 Å². The lowest BCUT2D eigenvalue weighted by molar-refractivity contribution is 0.0553. The minimum Gasteiger partial charge on any atom is -0.303 e.